The van der Waals surface area contributed by atoms with Gasteiger partial charge in [-0.25, -0.2) is 8.42 Å². The average Bonchev–Trinajstić information content (AvgIpc) is 2.70. The highest BCUT2D eigenvalue weighted by Gasteiger charge is 2.17. The first-order chi connectivity index (χ1) is 13.8. The fourth-order valence-electron chi connectivity index (χ4n) is 2.59. The van der Waals surface area contributed by atoms with Crippen molar-refractivity contribution in [3.8, 4) is 5.75 Å². The van der Waals surface area contributed by atoms with Gasteiger partial charge in [0.25, 0.3) is 15.9 Å². The number of carbonyl (C=O) groups excluding carboxylic acids is 1. The third kappa shape index (κ3) is 5.07. The van der Waals surface area contributed by atoms with Crippen LogP contribution >= 0.6 is 11.6 Å². The van der Waals surface area contributed by atoms with Crippen molar-refractivity contribution in [1.29, 1.82) is 0 Å². The zero-order valence-electron chi connectivity index (χ0n) is 15.8. The summed E-state index contributed by atoms with van der Waals surface area (Å²) < 4.78 is 32.9. The van der Waals surface area contributed by atoms with Crippen LogP contribution in [0.2, 0.25) is 5.02 Å². The number of rotatable bonds is 6. The molecular formula is C21H19ClN2O4S. The number of aryl methyl sites for hydroxylation is 1. The Labute approximate surface area is 174 Å². The molecule has 0 spiro atoms. The minimum absolute atomic E-state index is 0.0153. The number of anilines is 2. The molecule has 0 radical (unpaired) electrons. The van der Waals surface area contributed by atoms with E-state index in [0.29, 0.717) is 22.1 Å². The molecule has 29 heavy (non-hydrogen) atoms. The lowest BCUT2D eigenvalue weighted by molar-refractivity contribution is 0.102. The summed E-state index contributed by atoms with van der Waals surface area (Å²) in [5, 5.41) is 3.04. The van der Waals surface area contributed by atoms with Gasteiger partial charge >= 0.3 is 0 Å². The summed E-state index contributed by atoms with van der Waals surface area (Å²) in [7, 11) is -2.34. The van der Waals surface area contributed by atoms with Crippen LogP contribution in [0, 0.1) is 6.92 Å². The number of ether oxygens (including phenoxy) is 1. The van der Waals surface area contributed by atoms with Gasteiger partial charge in [-0.1, -0.05) is 35.4 Å². The molecule has 0 saturated carbocycles. The van der Waals surface area contributed by atoms with Gasteiger partial charge in [-0.2, -0.15) is 0 Å². The molecule has 0 aliphatic rings. The number of benzene rings is 3. The van der Waals surface area contributed by atoms with Crippen molar-refractivity contribution in [2.45, 2.75) is 11.8 Å². The van der Waals surface area contributed by atoms with E-state index in [-0.39, 0.29) is 10.5 Å². The highest BCUT2D eigenvalue weighted by molar-refractivity contribution is 7.92. The summed E-state index contributed by atoms with van der Waals surface area (Å²) in [4.78, 5) is 12.5. The van der Waals surface area contributed by atoms with E-state index in [1.165, 1.54) is 31.4 Å². The van der Waals surface area contributed by atoms with Gasteiger partial charge in [0.15, 0.2) is 0 Å². The maximum absolute atomic E-state index is 12.7. The van der Waals surface area contributed by atoms with Crippen molar-refractivity contribution in [1.82, 2.24) is 0 Å². The molecule has 8 heteroatoms. The van der Waals surface area contributed by atoms with Gasteiger partial charge in [0.1, 0.15) is 5.75 Å². The summed E-state index contributed by atoms with van der Waals surface area (Å²) in [5.41, 5.74) is 2.12. The van der Waals surface area contributed by atoms with Gasteiger partial charge in [-0.05, 0) is 55.5 Å². The van der Waals surface area contributed by atoms with Crippen LogP contribution < -0.4 is 14.8 Å². The summed E-state index contributed by atoms with van der Waals surface area (Å²) in [6.07, 6.45) is 0. The molecule has 2 N–H and O–H groups in total. The Morgan fingerprint density at radius 3 is 2.31 bits per heavy atom. The van der Waals surface area contributed by atoms with Crippen LogP contribution in [-0.4, -0.2) is 21.4 Å². The molecule has 1 amide bonds. The summed E-state index contributed by atoms with van der Waals surface area (Å²) in [6, 6.07) is 17.6. The Kier molecular flexibility index (Phi) is 6.10. The number of sulfonamides is 1. The molecule has 3 aromatic carbocycles. The standard InChI is InChI=1S/C21H19ClN2O4S/c1-14-6-8-16(9-7-14)24-29(26,27)18-5-3-4-15(12-18)21(25)23-17-10-11-20(28-2)19(22)13-17/h3-13,24H,1-2H3,(H,23,25). The second-order valence-corrected chi connectivity index (χ2v) is 8.39. The van der Waals surface area contributed by atoms with Crippen LogP contribution in [0.25, 0.3) is 0 Å². The quantitative estimate of drug-likeness (QED) is 0.593. The highest BCUT2D eigenvalue weighted by Crippen LogP contribution is 2.27. The van der Waals surface area contributed by atoms with Gasteiger partial charge in [-0.15, -0.1) is 0 Å². The summed E-state index contributed by atoms with van der Waals surface area (Å²) in [5.74, 6) is 0.0264. The molecule has 3 rings (SSSR count). The van der Waals surface area contributed by atoms with Crippen molar-refractivity contribution in [3.63, 3.8) is 0 Å². The van der Waals surface area contributed by atoms with Crippen LogP contribution in [0.3, 0.4) is 0 Å². The third-order valence-corrected chi connectivity index (χ3v) is 5.79. The first-order valence-electron chi connectivity index (χ1n) is 8.63. The number of amides is 1. The smallest absolute Gasteiger partial charge is 0.261 e. The molecule has 0 bridgehead atoms. The molecule has 0 heterocycles. The Hall–Kier alpha value is -3.03. The summed E-state index contributed by atoms with van der Waals surface area (Å²) >= 11 is 6.07. The van der Waals surface area contributed by atoms with E-state index in [9.17, 15) is 13.2 Å². The zero-order valence-corrected chi connectivity index (χ0v) is 17.3. The molecule has 6 nitrogen and oxygen atoms in total. The van der Waals surface area contributed by atoms with E-state index >= 15 is 0 Å². The van der Waals surface area contributed by atoms with Crippen molar-refractivity contribution in [3.05, 3.63) is 82.9 Å². The average molecular weight is 431 g/mol. The Morgan fingerprint density at radius 1 is 0.966 bits per heavy atom. The molecule has 0 saturated heterocycles. The number of methoxy groups -OCH3 is 1. The minimum atomic E-state index is -3.84. The van der Waals surface area contributed by atoms with Crippen molar-refractivity contribution in [2.75, 3.05) is 17.1 Å². The van der Waals surface area contributed by atoms with E-state index in [2.05, 4.69) is 10.0 Å². The molecule has 0 aliphatic heterocycles. The Bertz CT molecular complexity index is 1150. The van der Waals surface area contributed by atoms with Crippen LogP contribution in [-0.2, 0) is 10.0 Å². The first-order valence-corrected chi connectivity index (χ1v) is 10.5. The lowest BCUT2D eigenvalue weighted by Gasteiger charge is -2.11. The Balaban J connectivity index is 1.80. The van der Waals surface area contributed by atoms with Gasteiger partial charge in [0.2, 0.25) is 0 Å². The predicted molar refractivity (Wildman–Crippen MR) is 114 cm³/mol. The minimum Gasteiger partial charge on any atom is -0.495 e. The van der Waals surface area contributed by atoms with Crippen LogP contribution in [0.15, 0.2) is 71.6 Å². The van der Waals surface area contributed by atoms with Crippen molar-refractivity contribution < 1.29 is 17.9 Å². The largest absolute Gasteiger partial charge is 0.495 e. The monoisotopic (exact) mass is 430 g/mol. The fourth-order valence-corrected chi connectivity index (χ4v) is 3.95. The first kappa shape index (κ1) is 20.7. The molecule has 0 aliphatic carbocycles. The predicted octanol–water partition coefficient (Wildman–Crippen LogP) is 4.71. The van der Waals surface area contributed by atoms with E-state index in [0.717, 1.165) is 5.56 Å². The van der Waals surface area contributed by atoms with Gasteiger partial charge in [-0.3, -0.25) is 9.52 Å². The molecule has 3 aromatic rings. The van der Waals surface area contributed by atoms with E-state index in [1.807, 2.05) is 19.1 Å². The lowest BCUT2D eigenvalue weighted by atomic mass is 10.2. The number of hydrogen-bond donors (Lipinski definition) is 2. The molecule has 0 atom stereocenters. The zero-order chi connectivity index (χ0) is 21.0. The van der Waals surface area contributed by atoms with Gasteiger partial charge in [0, 0.05) is 16.9 Å². The lowest BCUT2D eigenvalue weighted by Crippen LogP contribution is -2.16. The van der Waals surface area contributed by atoms with Crippen molar-refractivity contribution >= 4 is 38.9 Å². The number of carbonyl (C=O) groups is 1. The van der Waals surface area contributed by atoms with Crippen LogP contribution in [0.4, 0.5) is 11.4 Å². The van der Waals surface area contributed by atoms with Gasteiger partial charge < -0.3 is 10.1 Å². The van der Waals surface area contributed by atoms with Gasteiger partial charge in [0.05, 0.1) is 17.0 Å². The highest BCUT2D eigenvalue weighted by atomic mass is 35.5. The molecule has 0 unspecified atom stereocenters. The number of hydrogen-bond acceptors (Lipinski definition) is 4. The second-order valence-electron chi connectivity index (χ2n) is 6.30. The topological polar surface area (TPSA) is 84.5 Å². The van der Waals surface area contributed by atoms with E-state index < -0.39 is 15.9 Å². The Morgan fingerprint density at radius 2 is 1.66 bits per heavy atom. The third-order valence-electron chi connectivity index (χ3n) is 4.12. The number of halogens is 1. The normalized spacial score (nSPS) is 11.0. The molecular weight excluding hydrogens is 412 g/mol. The molecule has 150 valence electrons. The molecule has 0 fully saturated rings. The second kappa shape index (κ2) is 8.55. The van der Waals surface area contributed by atoms with Crippen molar-refractivity contribution in [2.24, 2.45) is 0 Å². The number of nitrogens with one attached hydrogen (secondary N) is 2. The fraction of sp³-hybridized carbons (Fsp3) is 0.0952. The van der Waals surface area contributed by atoms with Crippen LogP contribution in [0.1, 0.15) is 15.9 Å². The SMILES string of the molecule is COc1ccc(NC(=O)c2cccc(S(=O)(=O)Nc3ccc(C)cc3)c2)cc1Cl. The van der Waals surface area contributed by atoms with Crippen LogP contribution in [0.5, 0.6) is 5.75 Å². The molecule has 0 aromatic heterocycles. The maximum atomic E-state index is 12.7. The summed E-state index contributed by atoms with van der Waals surface area (Å²) in [6.45, 7) is 1.91. The maximum Gasteiger partial charge on any atom is 0.261 e. The van der Waals surface area contributed by atoms with E-state index in [1.54, 1.807) is 30.3 Å². The van der Waals surface area contributed by atoms with E-state index in [4.69, 9.17) is 16.3 Å².